The van der Waals surface area contributed by atoms with Gasteiger partial charge in [0.2, 0.25) is 15.9 Å². The number of amides is 1. The summed E-state index contributed by atoms with van der Waals surface area (Å²) in [6.07, 6.45) is -4.42. The van der Waals surface area contributed by atoms with Gasteiger partial charge in [-0.1, -0.05) is 34.8 Å². The second-order valence-corrected chi connectivity index (χ2v) is 10.1. The molecule has 5 nitrogen and oxygen atoms in total. The Morgan fingerprint density at radius 3 is 2.19 bits per heavy atom. The van der Waals surface area contributed by atoms with E-state index in [-0.39, 0.29) is 45.9 Å². The van der Waals surface area contributed by atoms with Crippen LogP contribution in [0.25, 0.3) is 0 Å². The summed E-state index contributed by atoms with van der Waals surface area (Å²) >= 11 is 17.5. The van der Waals surface area contributed by atoms with Crippen LogP contribution in [0.1, 0.15) is 18.4 Å². The SMILES string of the molecule is O=C(Nc1ccc(Cl)cc1C(F)(F)F)C1CCN(S(=O)(=O)c2cc(Cl)ccc2Cl)CC1. The first-order valence-electron chi connectivity index (χ1n) is 9.02. The molecule has 1 fully saturated rings. The van der Waals surface area contributed by atoms with Crippen LogP contribution in [-0.4, -0.2) is 31.7 Å². The van der Waals surface area contributed by atoms with Gasteiger partial charge < -0.3 is 5.32 Å². The van der Waals surface area contributed by atoms with E-state index in [4.69, 9.17) is 34.8 Å². The first kappa shape index (κ1) is 24.1. The molecule has 168 valence electrons. The van der Waals surface area contributed by atoms with Crippen LogP contribution in [0.4, 0.5) is 18.9 Å². The zero-order chi connectivity index (χ0) is 23.0. The van der Waals surface area contributed by atoms with E-state index < -0.39 is 39.3 Å². The largest absolute Gasteiger partial charge is 0.418 e. The highest BCUT2D eigenvalue weighted by Crippen LogP contribution is 2.37. The molecule has 2 aromatic carbocycles. The molecule has 1 N–H and O–H groups in total. The number of sulfonamides is 1. The number of halogens is 6. The molecule has 1 heterocycles. The van der Waals surface area contributed by atoms with E-state index in [1.807, 2.05) is 0 Å². The van der Waals surface area contributed by atoms with Crippen LogP contribution >= 0.6 is 34.8 Å². The highest BCUT2D eigenvalue weighted by atomic mass is 35.5. The van der Waals surface area contributed by atoms with Crippen LogP contribution in [0.3, 0.4) is 0 Å². The summed E-state index contributed by atoms with van der Waals surface area (Å²) in [7, 11) is -3.93. The summed E-state index contributed by atoms with van der Waals surface area (Å²) < 4.78 is 66.6. The lowest BCUT2D eigenvalue weighted by Gasteiger charge is -2.31. The molecule has 0 saturated carbocycles. The molecule has 1 saturated heterocycles. The summed E-state index contributed by atoms with van der Waals surface area (Å²) in [5.41, 5.74) is -1.45. The summed E-state index contributed by atoms with van der Waals surface area (Å²) in [4.78, 5) is 12.4. The van der Waals surface area contributed by atoms with Crippen molar-refractivity contribution in [1.82, 2.24) is 4.31 Å². The quantitative estimate of drug-likeness (QED) is 0.568. The first-order valence-corrected chi connectivity index (χ1v) is 11.6. The van der Waals surface area contributed by atoms with Gasteiger partial charge in [-0.05, 0) is 49.2 Å². The van der Waals surface area contributed by atoms with Crippen molar-refractivity contribution in [2.45, 2.75) is 23.9 Å². The first-order chi connectivity index (χ1) is 14.4. The molecule has 0 radical (unpaired) electrons. The van der Waals surface area contributed by atoms with Crippen LogP contribution in [0.2, 0.25) is 15.1 Å². The predicted octanol–water partition coefficient (Wildman–Crippen LogP) is 5.71. The molecule has 1 aliphatic rings. The minimum Gasteiger partial charge on any atom is -0.325 e. The van der Waals surface area contributed by atoms with Gasteiger partial charge in [-0.2, -0.15) is 17.5 Å². The summed E-state index contributed by atoms with van der Waals surface area (Å²) in [5.74, 6) is -1.27. The Morgan fingerprint density at radius 1 is 1.00 bits per heavy atom. The Morgan fingerprint density at radius 2 is 1.58 bits per heavy atom. The number of carbonyl (C=O) groups excluding carboxylic acids is 1. The van der Waals surface area contributed by atoms with E-state index in [1.165, 1.54) is 28.6 Å². The Kier molecular flexibility index (Phi) is 7.12. The lowest BCUT2D eigenvalue weighted by Crippen LogP contribution is -2.41. The lowest BCUT2D eigenvalue weighted by atomic mass is 9.97. The van der Waals surface area contributed by atoms with Crippen LogP contribution < -0.4 is 5.32 Å². The van der Waals surface area contributed by atoms with Crippen molar-refractivity contribution in [3.63, 3.8) is 0 Å². The molecular formula is C19H16Cl3F3N2O3S. The number of hydrogen-bond acceptors (Lipinski definition) is 3. The van der Waals surface area contributed by atoms with E-state index in [0.717, 1.165) is 12.1 Å². The second kappa shape index (κ2) is 9.15. The number of alkyl halides is 3. The van der Waals surface area contributed by atoms with Crippen molar-refractivity contribution in [3.05, 3.63) is 57.0 Å². The molecular weight excluding hydrogens is 500 g/mol. The van der Waals surface area contributed by atoms with E-state index >= 15 is 0 Å². The van der Waals surface area contributed by atoms with Crippen LogP contribution in [0, 0.1) is 5.92 Å². The Labute approximate surface area is 192 Å². The summed E-state index contributed by atoms with van der Waals surface area (Å²) in [6, 6.07) is 7.16. The number of rotatable bonds is 4. The minimum absolute atomic E-state index is 0.00993. The monoisotopic (exact) mass is 514 g/mol. The number of hydrogen-bond donors (Lipinski definition) is 1. The van der Waals surface area contributed by atoms with Crippen molar-refractivity contribution in [3.8, 4) is 0 Å². The average Bonchev–Trinajstić information content (AvgIpc) is 2.70. The zero-order valence-corrected chi connectivity index (χ0v) is 18.8. The van der Waals surface area contributed by atoms with E-state index in [0.29, 0.717) is 0 Å². The maximum Gasteiger partial charge on any atom is 0.418 e. The number of benzene rings is 2. The lowest BCUT2D eigenvalue weighted by molar-refractivity contribution is -0.137. The third-order valence-corrected chi connectivity index (χ3v) is 7.73. The topological polar surface area (TPSA) is 66.5 Å². The Bertz CT molecular complexity index is 1100. The third-order valence-electron chi connectivity index (χ3n) is 4.88. The highest BCUT2D eigenvalue weighted by Gasteiger charge is 2.36. The molecule has 0 unspecified atom stereocenters. The molecule has 1 amide bonds. The number of carbonyl (C=O) groups is 1. The predicted molar refractivity (Wildman–Crippen MR) is 113 cm³/mol. The van der Waals surface area contributed by atoms with Crippen molar-refractivity contribution in [2.75, 3.05) is 18.4 Å². The van der Waals surface area contributed by atoms with Crippen molar-refractivity contribution in [1.29, 1.82) is 0 Å². The van der Waals surface area contributed by atoms with Gasteiger partial charge in [0.05, 0.1) is 16.3 Å². The molecule has 3 rings (SSSR count). The molecule has 0 aromatic heterocycles. The van der Waals surface area contributed by atoms with Gasteiger partial charge in [-0.15, -0.1) is 0 Å². The normalized spacial score (nSPS) is 16.3. The molecule has 0 aliphatic carbocycles. The molecule has 2 aromatic rings. The number of nitrogens with one attached hydrogen (secondary N) is 1. The standard InChI is InChI=1S/C19H16Cl3F3N2O3S/c20-12-2-4-16(14(9-12)19(23,24)25)26-18(28)11-5-7-27(8-6-11)31(29,30)17-10-13(21)1-3-15(17)22/h1-4,9-11H,5-8H2,(H,26,28). The number of nitrogens with zero attached hydrogens (tertiary/aromatic N) is 1. The van der Waals surface area contributed by atoms with Crippen LogP contribution in [0.5, 0.6) is 0 Å². The van der Waals surface area contributed by atoms with Crippen molar-refractivity contribution in [2.24, 2.45) is 5.92 Å². The smallest absolute Gasteiger partial charge is 0.325 e. The van der Waals surface area contributed by atoms with Crippen LogP contribution in [-0.2, 0) is 21.0 Å². The van der Waals surface area contributed by atoms with Gasteiger partial charge in [0.25, 0.3) is 0 Å². The van der Waals surface area contributed by atoms with Gasteiger partial charge in [-0.3, -0.25) is 4.79 Å². The van der Waals surface area contributed by atoms with Crippen LogP contribution in [0.15, 0.2) is 41.3 Å². The minimum atomic E-state index is -4.69. The van der Waals surface area contributed by atoms with Crippen molar-refractivity contribution >= 4 is 56.4 Å². The van der Waals surface area contributed by atoms with Gasteiger partial charge in [-0.25, -0.2) is 8.42 Å². The van der Waals surface area contributed by atoms with Gasteiger partial charge in [0.1, 0.15) is 4.90 Å². The highest BCUT2D eigenvalue weighted by molar-refractivity contribution is 7.89. The molecule has 12 heteroatoms. The molecule has 31 heavy (non-hydrogen) atoms. The van der Waals surface area contributed by atoms with Crippen molar-refractivity contribution < 1.29 is 26.4 Å². The molecule has 0 bridgehead atoms. The van der Waals surface area contributed by atoms with E-state index in [1.54, 1.807) is 0 Å². The van der Waals surface area contributed by atoms with Gasteiger partial charge in [0.15, 0.2) is 0 Å². The average molecular weight is 516 g/mol. The molecule has 0 atom stereocenters. The fraction of sp³-hybridized carbons (Fsp3) is 0.316. The number of anilines is 1. The second-order valence-electron chi connectivity index (χ2n) is 6.93. The Hall–Kier alpha value is -1.52. The van der Waals surface area contributed by atoms with Gasteiger partial charge in [0, 0.05) is 29.1 Å². The molecule has 0 spiro atoms. The summed E-state index contributed by atoms with van der Waals surface area (Å²) in [5, 5.41) is 2.41. The zero-order valence-electron chi connectivity index (χ0n) is 15.7. The fourth-order valence-electron chi connectivity index (χ4n) is 3.27. The third kappa shape index (κ3) is 5.46. The van der Waals surface area contributed by atoms with E-state index in [2.05, 4.69) is 5.32 Å². The summed E-state index contributed by atoms with van der Waals surface area (Å²) in [6.45, 7) is 0.0199. The van der Waals surface area contributed by atoms with E-state index in [9.17, 15) is 26.4 Å². The number of piperidine rings is 1. The maximum atomic E-state index is 13.2. The molecule has 1 aliphatic heterocycles. The Balaban J connectivity index is 1.70. The maximum absolute atomic E-state index is 13.2. The fourth-order valence-corrected chi connectivity index (χ4v) is 5.65. The van der Waals surface area contributed by atoms with Gasteiger partial charge >= 0.3 is 6.18 Å².